The van der Waals surface area contributed by atoms with Crippen molar-refractivity contribution in [3.8, 4) is 0 Å². The van der Waals surface area contributed by atoms with Crippen LogP contribution >= 0.6 is 0 Å². The van der Waals surface area contributed by atoms with E-state index in [0.717, 1.165) is 26.1 Å². The van der Waals surface area contributed by atoms with Gasteiger partial charge in [-0.05, 0) is 61.2 Å². The number of fused-ring (bicyclic) bond motifs is 1. The van der Waals surface area contributed by atoms with Gasteiger partial charge in [0.15, 0.2) is 0 Å². The topological polar surface area (TPSA) is 43.9 Å². The van der Waals surface area contributed by atoms with Crippen LogP contribution in [0.2, 0.25) is 0 Å². The van der Waals surface area contributed by atoms with Gasteiger partial charge < -0.3 is 9.80 Å². The van der Waals surface area contributed by atoms with Gasteiger partial charge in [0.25, 0.3) is 0 Å². The average Bonchev–Trinajstić information content (AvgIpc) is 3.40. The molecule has 0 bridgehead atoms. The quantitative estimate of drug-likeness (QED) is 0.736. The van der Waals surface area contributed by atoms with Crippen LogP contribution < -0.4 is 0 Å². The van der Waals surface area contributed by atoms with E-state index in [1.54, 1.807) is 29.2 Å². The van der Waals surface area contributed by atoms with Gasteiger partial charge in [-0.15, -0.1) is 0 Å². The number of hydrogen-bond acceptors (Lipinski definition) is 3. The van der Waals surface area contributed by atoms with Crippen LogP contribution in [0.5, 0.6) is 0 Å². The predicted molar refractivity (Wildman–Crippen MR) is 116 cm³/mol. The highest BCUT2D eigenvalue weighted by atomic mass is 19.1. The first-order valence-corrected chi connectivity index (χ1v) is 11.3. The van der Waals surface area contributed by atoms with Crippen molar-refractivity contribution in [1.29, 1.82) is 0 Å². The van der Waals surface area contributed by atoms with Crippen LogP contribution in [0, 0.1) is 11.6 Å². The monoisotopic (exact) mass is 439 g/mol. The number of nitrogens with zero attached hydrogens (tertiary/aromatic N) is 3. The molecule has 2 aromatic carbocycles. The van der Waals surface area contributed by atoms with E-state index in [0.29, 0.717) is 36.7 Å². The fourth-order valence-electron chi connectivity index (χ4n) is 5.58. The van der Waals surface area contributed by atoms with Gasteiger partial charge in [0.2, 0.25) is 11.8 Å². The summed E-state index contributed by atoms with van der Waals surface area (Å²) in [5.41, 5.74) is 0.265. The Morgan fingerprint density at radius 3 is 2.16 bits per heavy atom. The van der Waals surface area contributed by atoms with E-state index in [4.69, 9.17) is 0 Å². The van der Waals surface area contributed by atoms with Gasteiger partial charge in [-0.3, -0.25) is 14.5 Å². The molecule has 7 heteroatoms. The molecule has 5 rings (SSSR count). The van der Waals surface area contributed by atoms with Gasteiger partial charge in [0.1, 0.15) is 17.0 Å². The molecule has 168 valence electrons. The smallest absolute Gasteiger partial charge is 0.242 e. The molecule has 2 aromatic rings. The van der Waals surface area contributed by atoms with E-state index in [9.17, 15) is 18.4 Å². The third-order valence-electron chi connectivity index (χ3n) is 7.35. The van der Waals surface area contributed by atoms with Crippen LogP contribution in [-0.4, -0.2) is 71.8 Å². The Kier molecular flexibility index (Phi) is 5.45. The largest absolute Gasteiger partial charge is 0.338 e. The van der Waals surface area contributed by atoms with Crippen molar-refractivity contribution < 1.29 is 18.4 Å². The van der Waals surface area contributed by atoms with E-state index in [-0.39, 0.29) is 30.0 Å². The van der Waals surface area contributed by atoms with E-state index >= 15 is 0 Å². The van der Waals surface area contributed by atoms with Crippen molar-refractivity contribution in [3.63, 3.8) is 0 Å². The number of carbonyl (C=O) groups is 2. The molecule has 3 aliphatic heterocycles. The highest BCUT2D eigenvalue weighted by Gasteiger charge is 2.50. The summed E-state index contributed by atoms with van der Waals surface area (Å²) in [5.74, 6) is -0.986. The van der Waals surface area contributed by atoms with Gasteiger partial charge in [0, 0.05) is 32.2 Å². The highest BCUT2D eigenvalue weighted by Crippen LogP contribution is 2.42. The van der Waals surface area contributed by atoms with Crippen molar-refractivity contribution in [2.45, 2.75) is 30.7 Å². The summed E-state index contributed by atoms with van der Waals surface area (Å²) in [6.07, 6.45) is 2.74. The molecule has 32 heavy (non-hydrogen) atoms. The fraction of sp³-hybridized carbons (Fsp3) is 0.440. The molecule has 3 heterocycles. The maximum Gasteiger partial charge on any atom is 0.242 e. The molecule has 3 aliphatic rings. The summed E-state index contributed by atoms with van der Waals surface area (Å²) in [7, 11) is 0. The molecule has 0 saturated carbocycles. The second kappa shape index (κ2) is 8.28. The lowest BCUT2D eigenvalue weighted by Crippen LogP contribution is -2.54. The van der Waals surface area contributed by atoms with E-state index in [1.807, 2.05) is 4.90 Å². The molecule has 0 aliphatic carbocycles. The minimum absolute atomic E-state index is 0.0288. The second-order valence-corrected chi connectivity index (χ2v) is 9.07. The molecule has 0 spiro atoms. The Bertz CT molecular complexity index is 963. The van der Waals surface area contributed by atoms with Crippen molar-refractivity contribution >= 4 is 11.8 Å². The van der Waals surface area contributed by atoms with Gasteiger partial charge in [-0.2, -0.15) is 0 Å². The SMILES string of the molecule is O=C(CN1CCC(c2ccc(F)cc2)(c2ccc(F)cc2)C1=O)N1CCN2CCC[C@@H]2C1. The lowest BCUT2D eigenvalue weighted by Gasteiger charge is -2.38. The van der Waals surface area contributed by atoms with Crippen molar-refractivity contribution in [2.24, 2.45) is 0 Å². The zero-order valence-electron chi connectivity index (χ0n) is 18.0. The first-order chi connectivity index (χ1) is 15.5. The summed E-state index contributed by atoms with van der Waals surface area (Å²) < 4.78 is 27.2. The Hall–Kier alpha value is -2.80. The maximum atomic E-state index is 13.8. The summed E-state index contributed by atoms with van der Waals surface area (Å²) in [6.45, 7) is 3.87. The molecule has 5 nitrogen and oxygen atoms in total. The molecular weight excluding hydrogens is 412 g/mol. The molecule has 0 N–H and O–H groups in total. The molecule has 0 unspecified atom stereocenters. The second-order valence-electron chi connectivity index (χ2n) is 9.07. The number of likely N-dealkylation sites (tertiary alicyclic amines) is 1. The molecule has 0 aromatic heterocycles. The molecule has 0 radical (unpaired) electrons. The van der Waals surface area contributed by atoms with E-state index in [2.05, 4.69) is 4.90 Å². The Morgan fingerprint density at radius 2 is 1.53 bits per heavy atom. The zero-order valence-corrected chi connectivity index (χ0v) is 18.0. The van der Waals surface area contributed by atoms with Crippen molar-refractivity contribution in [3.05, 3.63) is 71.3 Å². The number of amides is 2. The molecular formula is C25H27F2N3O2. The minimum Gasteiger partial charge on any atom is -0.338 e. The zero-order chi connectivity index (χ0) is 22.3. The van der Waals surface area contributed by atoms with Crippen molar-refractivity contribution in [1.82, 2.24) is 14.7 Å². The third-order valence-corrected chi connectivity index (χ3v) is 7.35. The number of hydrogen-bond donors (Lipinski definition) is 0. The first kappa shape index (κ1) is 21.1. The van der Waals surface area contributed by atoms with Crippen LogP contribution in [0.15, 0.2) is 48.5 Å². The third kappa shape index (κ3) is 3.58. The highest BCUT2D eigenvalue weighted by molar-refractivity contribution is 5.96. The summed E-state index contributed by atoms with van der Waals surface area (Å²) in [4.78, 5) is 32.8. The Labute approximate surface area is 186 Å². The van der Waals surface area contributed by atoms with Crippen LogP contribution in [0.4, 0.5) is 8.78 Å². The van der Waals surface area contributed by atoms with Crippen LogP contribution in [-0.2, 0) is 15.0 Å². The number of piperazine rings is 1. The van der Waals surface area contributed by atoms with Crippen molar-refractivity contribution in [2.75, 3.05) is 39.3 Å². The summed E-state index contributed by atoms with van der Waals surface area (Å²) in [5, 5.41) is 0. The average molecular weight is 440 g/mol. The number of halogens is 2. The molecule has 2 amide bonds. The van der Waals surface area contributed by atoms with Gasteiger partial charge in [-0.25, -0.2) is 8.78 Å². The number of carbonyl (C=O) groups excluding carboxylic acids is 2. The number of benzene rings is 2. The standard InChI is InChI=1S/C25H27F2N3O2/c26-20-7-3-18(4-8-20)25(19-5-9-21(27)10-6-19)11-13-30(24(25)32)17-23(31)29-15-14-28-12-1-2-22(28)16-29/h3-10,22H,1-2,11-17H2/t22-/m1/s1. The van der Waals surface area contributed by atoms with Crippen LogP contribution in [0.1, 0.15) is 30.4 Å². The molecule has 3 fully saturated rings. The lowest BCUT2D eigenvalue weighted by molar-refractivity contribution is -0.141. The van der Waals surface area contributed by atoms with E-state index < -0.39 is 5.41 Å². The normalized spacial score (nSPS) is 22.9. The maximum absolute atomic E-state index is 13.8. The lowest BCUT2D eigenvalue weighted by atomic mass is 9.73. The minimum atomic E-state index is -1.05. The van der Waals surface area contributed by atoms with Gasteiger partial charge in [-0.1, -0.05) is 24.3 Å². The first-order valence-electron chi connectivity index (χ1n) is 11.3. The fourth-order valence-corrected chi connectivity index (χ4v) is 5.58. The van der Waals surface area contributed by atoms with Gasteiger partial charge >= 0.3 is 0 Å². The summed E-state index contributed by atoms with van der Waals surface area (Å²) in [6, 6.07) is 12.2. The summed E-state index contributed by atoms with van der Waals surface area (Å²) >= 11 is 0. The van der Waals surface area contributed by atoms with E-state index in [1.165, 1.54) is 30.7 Å². The van der Waals surface area contributed by atoms with Crippen LogP contribution in [0.3, 0.4) is 0 Å². The van der Waals surface area contributed by atoms with Crippen LogP contribution in [0.25, 0.3) is 0 Å². The molecule has 3 saturated heterocycles. The Balaban J connectivity index is 1.39. The number of rotatable bonds is 4. The predicted octanol–water partition coefficient (Wildman–Crippen LogP) is 2.79. The van der Waals surface area contributed by atoms with Gasteiger partial charge in [0.05, 0.1) is 6.54 Å². The molecule has 1 atom stereocenters. The Morgan fingerprint density at radius 1 is 0.906 bits per heavy atom.